The number of alkyl halides is 3. The van der Waals surface area contributed by atoms with E-state index in [2.05, 4.69) is 27.3 Å². The molecule has 190 valence electrons. The van der Waals surface area contributed by atoms with E-state index in [0.717, 1.165) is 17.3 Å². The molecule has 36 heavy (non-hydrogen) atoms. The van der Waals surface area contributed by atoms with Crippen molar-refractivity contribution in [2.45, 2.75) is 25.3 Å². The number of pyridine rings is 1. The van der Waals surface area contributed by atoms with Crippen molar-refractivity contribution in [3.05, 3.63) is 71.9 Å². The third-order valence-corrected chi connectivity index (χ3v) is 5.80. The number of aromatic nitrogens is 3. The van der Waals surface area contributed by atoms with Gasteiger partial charge in [-0.25, -0.2) is 4.98 Å². The Bertz CT molecular complexity index is 1290. The summed E-state index contributed by atoms with van der Waals surface area (Å²) in [6, 6.07) is 5.07. The van der Waals surface area contributed by atoms with Crippen molar-refractivity contribution in [2.75, 3.05) is 36.8 Å². The highest BCUT2D eigenvalue weighted by atomic mass is 19.4. The molecule has 1 amide bonds. The highest BCUT2D eigenvalue weighted by Crippen LogP contribution is 2.37. The molecule has 12 heteroatoms. The van der Waals surface area contributed by atoms with Crippen molar-refractivity contribution in [1.29, 1.82) is 0 Å². The van der Waals surface area contributed by atoms with Crippen molar-refractivity contribution in [3.63, 3.8) is 0 Å². The third-order valence-electron chi connectivity index (χ3n) is 5.80. The van der Waals surface area contributed by atoms with Gasteiger partial charge < -0.3 is 25.0 Å². The molecule has 0 fully saturated rings. The fraction of sp³-hybridized carbons (Fsp3) is 0.292. The summed E-state index contributed by atoms with van der Waals surface area (Å²) in [5.74, 6) is 0.401. The lowest BCUT2D eigenvalue weighted by Crippen LogP contribution is -2.47. The van der Waals surface area contributed by atoms with Crippen LogP contribution >= 0.6 is 0 Å². The van der Waals surface area contributed by atoms with Crippen LogP contribution in [0.25, 0.3) is 0 Å². The highest BCUT2D eigenvalue weighted by molar-refractivity contribution is 6.05. The molecule has 3 aromatic rings. The molecule has 0 saturated carbocycles. The number of hydrogen-bond acceptors (Lipinski definition) is 7. The van der Waals surface area contributed by atoms with Gasteiger partial charge in [0.05, 0.1) is 50.1 Å². The predicted molar refractivity (Wildman–Crippen MR) is 128 cm³/mol. The van der Waals surface area contributed by atoms with Gasteiger partial charge in [0.25, 0.3) is 5.91 Å². The maximum atomic E-state index is 13.3. The van der Waals surface area contributed by atoms with Gasteiger partial charge in [-0.05, 0) is 17.7 Å². The molecule has 3 heterocycles. The first-order valence-electron chi connectivity index (χ1n) is 10.9. The maximum Gasteiger partial charge on any atom is 0.419 e. The van der Waals surface area contributed by atoms with E-state index in [4.69, 9.17) is 9.47 Å². The number of amides is 1. The van der Waals surface area contributed by atoms with Crippen LogP contribution < -0.4 is 20.3 Å². The molecule has 1 atom stereocenters. The minimum Gasteiger partial charge on any atom is -0.499 e. The third kappa shape index (κ3) is 5.07. The summed E-state index contributed by atoms with van der Waals surface area (Å²) in [4.78, 5) is 18.5. The Morgan fingerprint density at radius 2 is 2.00 bits per heavy atom. The zero-order valence-corrected chi connectivity index (χ0v) is 19.9. The number of halogens is 3. The average Bonchev–Trinajstić information content (AvgIpc) is 3.29. The molecule has 0 radical (unpaired) electrons. The molecule has 4 rings (SSSR count). The van der Waals surface area contributed by atoms with Gasteiger partial charge in [0, 0.05) is 31.4 Å². The number of likely N-dealkylation sites (N-methyl/N-ethyl adjacent to an activating group) is 1. The Morgan fingerprint density at radius 3 is 2.69 bits per heavy atom. The zero-order valence-electron chi connectivity index (χ0n) is 19.9. The number of hydrogen-bond donors (Lipinski definition) is 2. The van der Waals surface area contributed by atoms with Crippen LogP contribution in [-0.2, 0) is 28.8 Å². The van der Waals surface area contributed by atoms with Crippen LogP contribution in [-0.4, -0.2) is 48.0 Å². The lowest BCUT2D eigenvalue weighted by molar-refractivity contribution is -0.138. The molecule has 0 bridgehead atoms. The Morgan fingerprint density at radius 1 is 1.22 bits per heavy atom. The lowest BCUT2D eigenvalue weighted by atomic mass is 10.1. The molecule has 9 nitrogen and oxygen atoms in total. The van der Waals surface area contributed by atoms with Crippen molar-refractivity contribution < 1.29 is 27.4 Å². The molecular formula is C24H25F3N6O3. The molecule has 2 N–H and O–H groups in total. The van der Waals surface area contributed by atoms with Gasteiger partial charge in [-0.2, -0.15) is 18.3 Å². The number of benzene rings is 1. The molecule has 1 aliphatic rings. The normalized spacial score (nSPS) is 15.2. The summed E-state index contributed by atoms with van der Waals surface area (Å²) >= 11 is 0. The Labute approximate surface area is 205 Å². The van der Waals surface area contributed by atoms with E-state index < -0.39 is 17.8 Å². The number of anilines is 3. The Balaban J connectivity index is 1.44. The molecule has 0 aliphatic carbocycles. The van der Waals surface area contributed by atoms with Crippen molar-refractivity contribution in [1.82, 2.24) is 14.8 Å². The van der Waals surface area contributed by atoms with E-state index in [0.29, 0.717) is 29.4 Å². The molecule has 2 aromatic heterocycles. The van der Waals surface area contributed by atoms with Gasteiger partial charge >= 0.3 is 6.18 Å². The standard InChI is InChI=1S/C24H25F3N6O3/c1-14(35-3)22-23(34)31-18-11-29-21(8-19(18)32(22)2)28-9-16-10-30-33(13-16)12-15-5-6-20(36-4)17(7-15)24(25,26)27/h5-8,10-11,13,22H,1,9,12H2,2-4H3,(H,28,29)(H,31,34)/t22-/m0/s1. The Kier molecular flexibility index (Phi) is 6.77. The van der Waals surface area contributed by atoms with Gasteiger partial charge in [-0.1, -0.05) is 12.6 Å². The summed E-state index contributed by atoms with van der Waals surface area (Å²) < 4.78 is 51.4. The van der Waals surface area contributed by atoms with Crippen molar-refractivity contribution in [2.24, 2.45) is 0 Å². The molecule has 1 aromatic carbocycles. The Hall–Kier alpha value is -4.22. The maximum absolute atomic E-state index is 13.3. The minimum absolute atomic E-state index is 0.166. The first kappa shape index (κ1) is 24.9. The number of rotatable bonds is 8. The number of carbonyl (C=O) groups is 1. The van der Waals surface area contributed by atoms with Crippen LogP contribution in [0.1, 0.15) is 16.7 Å². The molecule has 0 saturated heterocycles. The van der Waals surface area contributed by atoms with Crippen molar-refractivity contribution in [3.8, 4) is 5.75 Å². The summed E-state index contributed by atoms with van der Waals surface area (Å²) in [5, 5.41) is 10.3. The first-order chi connectivity index (χ1) is 17.1. The second kappa shape index (κ2) is 9.80. The van der Waals surface area contributed by atoms with E-state index in [1.807, 2.05) is 0 Å². The predicted octanol–water partition coefficient (Wildman–Crippen LogP) is 3.88. The fourth-order valence-corrected chi connectivity index (χ4v) is 3.96. The van der Waals surface area contributed by atoms with E-state index in [1.54, 1.807) is 47.4 Å². The zero-order chi connectivity index (χ0) is 26.0. The van der Waals surface area contributed by atoms with E-state index in [-0.39, 0.29) is 18.2 Å². The number of carbonyl (C=O) groups excluding carboxylic acids is 1. The van der Waals surface area contributed by atoms with Gasteiger partial charge in [-0.3, -0.25) is 9.48 Å². The first-order valence-corrected chi connectivity index (χ1v) is 10.9. The van der Waals surface area contributed by atoms with Gasteiger partial charge in [0.15, 0.2) is 6.04 Å². The van der Waals surface area contributed by atoms with E-state index in [9.17, 15) is 18.0 Å². The second-order valence-electron chi connectivity index (χ2n) is 8.19. The molecule has 1 aliphatic heterocycles. The topological polar surface area (TPSA) is 93.5 Å². The van der Waals surface area contributed by atoms with Crippen LogP contribution in [0.2, 0.25) is 0 Å². The number of nitrogens with one attached hydrogen (secondary N) is 2. The monoisotopic (exact) mass is 502 g/mol. The van der Waals surface area contributed by atoms with Crippen molar-refractivity contribution >= 4 is 23.1 Å². The quantitative estimate of drug-likeness (QED) is 0.452. The van der Waals surface area contributed by atoms with Crippen LogP contribution in [0.15, 0.2) is 55.2 Å². The summed E-state index contributed by atoms with van der Waals surface area (Å²) in [6.45, 7) is 4.35. The average molecular weight is 502 g/mol. The van der Waals surface area contributed by atoms with Crippen LogP contribution in [0.4, 0.5) is 30.4 Å². The molecule has 0 spiro atoms. The highest BCUT2D eigenvalue weighted by Gasteiger charge is 2.35. The van der Waals surface area contributed by atoms with Gasteiger partial charge in [0.2, 0.25) is 0 Å². The number of methoxy groups -OCH3 is 2. The van der Waals surface area contributed by atoms with E-state index in [1.165, 1.54) is 20.3 Å². The van der Waals surface area contributed by atoms with Crippen LogP contribution in [0, 0.1) is 0 Å². The van der Waals surface area contributed by atoms with Gasteiger partial charge in [0.1, 0.15) is 17.3 Å². The summed E-state index contributed by atoms with van der Waals surface area (Å²) in [5.41, 5.74) is 1.74. The summed E-state index contributed by atoms with van der Waals surface area (Å²) in [7, 11) is 4.43. The summed E-state index contributed by atoms with van der Waals surface area (Å²) in [6.07, 6.45) is 0.414. The number of nitrogens with zero attached hydrogens (tertiary/aromatic N) is 4. The van der Waals surface area contributed by atoms with E-state index >= 15 is 0 Å². The second-order valence-corrected chi connectivity index (χ2v) is 8.19. The molecular weight excluding hydrogens is 477 g/mol. The lowest BCUT2D eigenvalue weighted by Gasteiger charge is -2.35. The van der Waals surface area contributed by atoms with Crippen LogP contribution in [0.3, 0.4) is 0 Å². The smallest absolute Gasteiger partial charge is 0.419 e. The number of fused-ring (bicyclic) bond motifs is 1. The SMILES string of the molecule is C=C(OC)[C@H]1C(=O)Nc2cnc(NCc3cnn(Cc4ccc(OC)c(C(F)(F)F)c4)c3)cc2N1C. The van der Waals surface area contributed by atoms with Crippen LogP contribution in [0.5, 0.6) is 5.75 Å². The fourth-order valence-electron chi connectivity index (χ4n) is 3.96. The van der Waals surface area contributed by atoms with Gasteiger partial charge in [-0.15, -0.1) is 0 Å². The molecule has 0 unspecified atom stereocenters. The largest absolute Gasteiger partial charge is 0.499 e. The number of ether oxygens (including phenoxy) is 2. The minimum atomic E-state index is -4.52.